The second-order valence-electron chi connectivity index (χ2n) is 8.06. The summed E-state index contributed by atoms with van der Waals surface area (Å²) in [5.41, 5.74) is -0.0945. The highest BCUT2D eigenvalue weighted by molar-refractivity contribution is 5.79. The molecule has 3 N–H and O–H groups in total. The van der Waals surface area contributed by atoms with Crippen molar-refractivity contribution in [3.05, 3.63) is 35.9 Å². The van der Waals surface area contributed by atoms with E-state index in [0.29, 0.717) is 12.5 Å². The van der Waals surface area contributed by atoms with Gasteiger partial charge in [0, 0.05) is 45.8 Å². The number of hydrogen-bond acceptors (Lipinski definition) is 4. The molecule has 0 saturated carbocycles. The first-order chi connectivity index (χ1) is 13.4. The Kier molecular flexibility index (Phi) is 9.22. The highest BCUT2D eigenvalue weighted by Gasteiger charge is 2.22. The van der Waals surface area contributed by atoms with Gasteiger partial charge in [-0.15, -0.1) is 0 Å². The number of piperazine rings is 1. The lowest BCUT2D eigenvalue weighted by Crippen LogP contribution is -2.48. The van der Waals surface area contributed by atoms with Gasteiger partial charge >= 0.3 is 0 Å². The van der Waals surface area contributed by atoms with E-state index >= 15 is 0 Å². The smallest absolute Gasteiger partial charge is 0.191 e. The van der Waals surface area contributed by atoms with Crippen LogP contribution in [-0.4, -0.2) is 79.8 Å². The van der Waals surface area contributed by atoms with Gasteiger partial charge in [-0.1, -0.05) is 44.2 Å². The zero-order valence-corrected chi connectivity index (χ0v) is 18.1. The van der Waals surface area contributed by atoms with Gasteiger partial charge in [-0.2, -0.15) is 0 Å². The summed E-state index contributed by atoms with van der Waals surface area (Å²) in [5.74, 6) is 1.30. The minimum atomic E-state index is -0.978. The van der Waals surface area contributed by atoms with Crippen LogP contribution in [0.1, 0.15) is 33.3 Å². The van der Waals surface area contributed by atoms with Crippen LogP contribution in [0.15, 0.2) is 35.3 Å². The monoisotopic (exact) mass is 389 g/mol. The average Bonchev–Trinajstić information content (AvgIpc) is 2.71. The molecule has 1 fully saturated rings. The van der Waals surface area contributed by atoms with E-state index in [4.69, 9.17) is 0 Å². The van der Waals surface area contributed by atoms with Crippen molar-refractivity contribution in [2.24, 2.45) is 10.9 Å². The van der Waals surface area contributed by atoms with Gasteiger partial charge in [-0.05, 0) is 31.9 Å². The number of rotatable bonds is 9. The lowest BCUT2D eigenvalue weighted by atomic mass is 9.96. The third kappa shape index (κ3) is 7.41. The van der Waals surface area contributed by atoms with Gasteiger partial charge in [0.1, 0.15) is 5.60 Å². The van der Waals surface area contributed by atoms with E-state index in [1.54, 1.807) is 0 Å². The van der Waals surface area contributed by atoms with Gasteiger partial charge in [-0.3, -0.25) is 0 Å². The number of hydrogen-bond donors (Lipinski definition) is 3. The van der Waals surface area contributed by atoms with Crippen LogP contribution in [0.25, 0.3) is 0 Å². The Morgan fingerprint density at radius 2 is 1.75 bits per heavy atom. The van der Waals surface area contributed by atoms with Gasteiger partial charge in [0.2, 0.25) is 0 Å². The van der Waals surface area contributed by atoms with Crippen molar-refractivity contribution in [1.82, 2.24) is 20.4 Å². The summed E-state index contributed by atoms with van der Waals surface area (Å²) in [6.45, 7) is 17.3. The quantitative estimate of drug-likeness (QED) is 0.443. The van der Waals surface area contributed by atoms with Crippen LogP contribution in [0.4, 0.5) is 0 Å². The third-order valence-electron chi connectivity index (χ3n) is 5.38. The van der Waals surface area contributed by atoms with Crippen molar-refractivity contribution in [3.63, 3.8) is 0 Å². The van der Waals surface area contributed by atoms with Gasteiger partial charge < -0.3 is 25.5 Å². The lowest BCUT2D eigenvalue weighted by molar-refractivity contribution is 0.0672. The second kappa shape index (κ2) is 11.4. The molecule has 1 saturated heterocycles. The number of benzene rings is 1. The van der Waals surface area contributed by atoms with Gasteiger partial charge in [0.15, 0.2) is 5.96 Å². The van der Waals surface area contributed by atoms with Crippen LogP contribution in [0.3, 0.4) is 0 Å². The summed E-state index contributed by atoms with van der Waals surface area (Å²) in [5, 5.41) is 17.5. The van der Waals surface area contributed by atoms with Crippen molar-refractivity contribution in [2.45, 2.75) is 33.3 Å². The molecule has 1 aliphatic heterocycles. The Labute approximate surface area is 171 Å². The normalized spacial score (nSPS) is 19.8. The SMILES string of the molecule is CCNC(=NCC(C)(O)c1ccccc1)NCC(C)CN1CCN(CC)CC1. The molecule has 1 aliphatic rings. The predicted octanol–water partition coefficient (Wildman–Crippen LogP) is 1.72. The average molecular weight is 390 g/mol. The molecule has 158 valence electrons. The maximum atomic E-state index is 10.8. The Bertz CT molecular complexity index is 582. The topological polar surface area (TPSA) is 63.1 Å². The number of aliphatic imine (C=N–C) groups is 1. The third-order valence-corrected chi connectivity index (χ3v) is 5.38. The molecule has 0 aromatic heterocycles. The van der Waals surface area contributed by atoms with Crippen molar-refractivity contribution in [1.29, 1.82) is 0 Å². The molecule has 28 heavy (non-hydrogen) atoms. The Morgan fingerprint density at radius 1 is 1.11 bits per heavy atom. The Hall–Kier alpha value is -1.63. The lowest BCUT2D eigenvalue weighted by Gasteiger charge is -2.35. The molecule has 0 amide bonds. The zero-order chi connectivity index (χ0) is 20.4. The summed E-state index contributed by atoms with van der Waals surface area (Å²) in [7, 11) is 0. The standard InChI is InChI=1S/C22H39N5O/c1-5-23-21(25-18-22(4,28)20-10-8-7-9-11-20)24-16-19(3)17-27-14-12-26(6-2)13-15-27/h7-11,19,28H,5-6,12-18H2,1-4H3,(H2,23,24,25). The van der Waals surface area contributed by atoms with Gasteiger partial charge in [0.25, 0.3) is 0 Å². The number of nitrogens with one attached hydrogen (secondary N) is 2. The number of aliphatic hydroxyl groups is 1. The molecule has 0 bridgehead atoms. The first-order valence-electron chi connectivity index (χ1n) is 10.7. The van der Waals surface area contributed by atoms with E-state index in [2.05, 4.69) is 46.2 Å². The van der Waals surface area contributed by atoms with Crippen molar-refractivity contribution in [2.75, 3.05) is 58.9 Å². The molecule has 6 heteroatoms. The molecule has 1 aromatic rings. The van der Waals surface area contributed by atoms with E-state index in [9.17, 15) is 5.11 Å². The van der Waals surface area contributed by atoms with Crippen LogP contribution in [0, 0.1) is 5.92 Å². The van der Waals surface area contributed by atoms with Crippen LogP contribution in [0.2, 0.25) is 0 Å². The maximum Gasteiger partial charge on any atom is 0.191 e. The van der Waals surface area contributed by atoms with E-state index in [-0.39, 0.29) is 0 Å². The highest BCUT2D eigenvalue weighted by Crippen LogP contribution is 2.20. The van der Waals surface area contributed by atoms with Crippen molar-refractivity contribution >= 4 is 5.96 Å². The molecule has 0 aliphatic carbocycles. The van der Waals surface area contributed by atoms with Crippen LogP contribution in [0.5, 0.6) is 0 Å². The van der Waals surface area contributed by atoms with Gasteiger partial charge in [0.05, 0.1) is 6.54 Å². The van der Waals surface area contributed by atoms with E-state index in [1.165, 1.54) is 13.1 Å². The number of likely N-dealkylation sites (N-methyl/N-ethyl adjacent to an activating group) is 1. The maximum absolute atomic E-state index is 10.8. The second-order valence-corrected chi connectivity index (χ2v) is 8.06. The summed E-state index contributed by atoms with van der Waals surface area (Å²) in [6.07, 6.45) is 0. The first kappa shape index (κ1) is 22.7. The largest absolute Gasteiger partial charge is 0.384 e. The molecule has 0 spiro atoms. The van der Waals surface area contributed by atoms with E-state index < -0.39 is 5.60 Å². The molecule has 2 atom stereocenters. The minimum absolute atomic E-state index is 0.319. The fraction of sp³-hybridized carbons (Fsp3) is 0.682. The van der Waals surface area contributed by atoms with Crippen molar-refractivity contribution in [3.8, 4) is 0 Å². The van der Waals surface area contributed by atoms with Crippen LogP contribution in [-0.2, 0) is 5.60 Å². The zero-order valence-electron chi connectivity index (χ0n) is 18.1. The number of guanidine groups is 1. The van der Waals surface area contributed by atoms with E-state index in [1.807, 2.05) is 37.3 Å². The Balaban J connectivity index is 1.82. The molecular weight excluding hydrogens is 350 g/mol. The predicted molar refractivity (Wildman–Crippen MR) is 118 cm³/mol. The summed E-state index contributed by atoms with van der Waals surface area (Å²) in [6, 6.07) is 9.72. The summed E-state index contributed by atoms with van der Waals surface area (Å²) >= 11 is 0. The summed E-state index contributed by atoms with van der Waals surface area (Å²) in [4.78, 5) is 9.69. The molecule has 1 heterocycles. The fourth-order valence-corrected chi connectivity index (χ4v) is 3.53. The summed E-state index contributed by atoms with van der Waals surface area (Å²) < 4.78 is 0. The molecule has 2 unspecified atom stereocenters. The number of nitrogens with zero attached hydrogens (tertiary/aromatic N) is 3. The van der Waals surface area contributed by atoms with E-state index in [0.717, 1.165) is 50.8 Å². The first-order valence-corrected chi connectivity index (χ1v) is 10.7. The van der Waals surface area contributed by atoms with Crippen LogP contribution >= 0.6 is 0 Å². The van der Waals surface area contributed by atoms with Gasteiger partial charge in [-0.25, -0.2) is 4.99 Å². The molecular formula is C22H39N5O. The van der Waals surface area contributed by atoms with Crippen LogP contribution < -0.4 is 10.6 Å². The minimum Gasteiger partial charge on any atom is -0.384 e. The molecule has 6 nitrogen and oxygen atoms in total. The molecule has 2 rings (SSSR count). The fourth-order valence-electron chi connectivity index (χ4n) is 3.53. The molecule has 0 radical (unpaired) electrons. The highest BCUT2D eigenvalue weighted by atomic mass is 16.3. The molecule has 1 aromatic carbocycles. The van der Waals surface area contributed by atoms with Crippen molar-refractivity contribution < 1.29 is 5.11 Å². The Morgan fingerprint density at radius 3 is 2.36 bits per heavy atom.